The molecule has 0 saturated carbocycles. The average Bonchev–Trinajstić information content (AvgIpc) is 3.35. The number of nitrogens with zero attached hydrogens (tertiary/aromatic N) is 4. The predicted octanol–water partition coefficient (Wildman–Crippen LogP) is 6.49. The van der Waals surface area contributed by atoms with Crippen LogP contribution in [0.2, 0.25) is 10.0 Å². The fraction of sp³-hybridized carbons (Fsp3) is 0.0370. The van der Waals surface area contributed by atoms with Gasteiger partial charge in [-0.25, -0.2) is 19.3 Å². The van der Waals surface area contributed by atoms with E-state index in [1.165, 1.54) is 0 Å². The van der Waals surface area contributed by atoms with Crippen molar-refractivity contribution >= 4 is 39.8 Å². The second-order valence-electron chi connectivity index (χ2n) is 8.37. The number of hydrogen-bond donors (Lipinski definition) is 0. The molecular weight excluding hydrogens is 499 g/mol. The van der Waals surface area contributed by atoms with Gasteiger partial charge < -0.3 is 9.15 Å². The molecule has 3 aromatic heterocycles. The van der Waals surface area contributed by atoms with Crippen LogP contribution in [0.25, 0.3) is 28.0 Å². The molecule has 0 amide bonds. The van der Waals surface area contributed by atoms with Crippen LogP contribution in [-0.4, -0.2) is 19.6 Å². The number of para-hydroxylation sites is 1. The zero-order valence-electron chi connectivity index (χ0n) is 18.4. The maximum Gasteiger partial charge on any atom is 0.344 e. The van der Waals surface area contributed by atoms with Gasteiger partial charge in [0.25, 0.3) is 0 Å². The molecular formula is C27H14Cl2N4O3. The van der Waals surface area contributed by atoms with Crippen LogP contribution in [-0.2, 0) is 0 Å². The largest absolute Gasteiger partial charge is 0.437 e. The van der Waals surface area contributed by atoms with Gasteiger partial charge in [-0.05, 0) is 29.8 Å². The smallest absolute Gasteiger partial charge is 0.344 e. The third kappa shape index (κ3) is 3.13. The molecule has 3 aromatic carbocycles. The quantitative estimate of drug-likeness (QED) is 0.246. The molecule has 36 heavy (non-hydrogen) atoms. The van der Waals surface area contributed by atoms with Crippen LogP contribution in [0.15, 0.2) is 88.3 Å². The zero-order chi connectivity index (χ0) is 24.4. The topological polar surface area (TPSA) is 82.5 Å². The van der Waals surface area contributed by atoms with Crippen molar-refractivity contribution in [2.24, 2.45) is 0 Å². The maximum atomic E-state index is 13.4. The van der Waals surface area contributed by atoms with Gasteiger partial charge in [-0.2, -0.15) is 0 Å². The summed E-state index contributed by atoms with van der Waals surface area (Å²) in [7, 11) is 0. The second-order valence-corrected chi connectivity index (χ2v) is 9.18. The Morgan fingerprint density at radius 2 is 1.69 bits per heavy atom. The fourth-order valence-corrected chi connectivity index (χ4v) is 4.97. The zero-order valence-corrected chi connectivity index (χ0v) is 19.9. The highest BCUT2D eigenvalue weighted by Crippen LogP contribution is 2.49. The van der Waals surface area contributed by atoms with Gasteiger partial charge in [-0.3, -0.25) is 0 Å². The minimum Gasteiger partial charge on any atom is -0.437 e. The molecule has 1 atom stereocenters. The van der Waals surface area contributed by atoms with E-state index in [0.717, 1.165) is 11.1 Å². The molecule has 0 bridgehead atoms. The Hall–Kier alpha value is -4.20. The first-order valence-electron chi connectivity index (χ1n) is 11.1. The first-order valence-corrected chi connectivity index (χ1v) is 11.8. The van der Waals surface area contributed by atoms with E-state index in [1.54, 1.807) is 35.1 Å². The first kappa shape index (κ1) is 21.1. The number of halogens is 2. The first-order chi connectivity index (χ1) is 17.6. The van der Waals surface area contributed by atoms with E-state index in [2.05, 4.69) is 10.1 Å². The fourth-order valence-electron chi connectivity index (χ4n) is 4.66. The Morgan fingerprint density at radius 3 is 2.53 bits per heavy atom. The number of hydrogen-bond acceptors (Lipinski definition) is 6. The summed E-state index contributed by atoms with van der Waals surface area (Å²) >= 11 is 12.6. The highest BCUT2D eigenvalue weighted by Gasteiger charge is 2.37. The van der Waals surface area contributed by atoms with Crippen molar-refractivity contribution in [1.82, 2.24) is 19.6 Å². The van der Waals surface area contributed by atoms with E-state index >= 15 is 0 Å². The third-order valence-electron chi connectivity index (χ3n) is 6.27. The normalized spacial score (nSPS) is 14.4. The van der Waals surface area contributed by atoms with Gasteiger partial charge >= 0.3 is 5.63 Å². The Balaban J connectivity index is 1.57. The van der Waals surface area contributed by atoms with Crippen LogP contribution in [0.5, 0.6) is 11.6 Å². The Kier molecular flexibility index (Phi) is 4.64. The van der Waals surface area contributed by atoms with Crippen molar-refractivity contribution in [3.8, 4) is 23.0 Å². The van der Waals surface area contributed by atoms with E-state index in [4.69, 9.17) is 37.3 Å². The maximum absolute atomic E-state index is 13.4. The van der Waals surface area contributed by atoms with Crippen molar-refractivity contribution in [2.45, 2.75) is 5.92 Å². The minimum absolute atomic E-state index is 0.328. The van der Waals surface area contributed by atoms with Gasteiger partial charge in [0.05, 0.1) is 32.5 Å². The molecule has 174 valence electrons. The van der Waals surface area contributed by atoms with Crippen molar-refractivity contribution in [1.29, 1.82) is 0 Å². The number of benzene rings is 3. The van der Waals surface area contributed by atoms with Crippen LogP contribution in [0.3, 0.4) is 0 Å². The SMILES string of the molecule is O=c1oc2ccccc2c2c1C(c1ccc(Cl)c(Cl)c1)c1c(ncn3nc(-c4ccccc4)nc13)O2. The molecule has 7 nitrogen and oxygen atoms in total. The number of ether oxygens (including phenoxy) is 1. The standard InChI is InChI=1S/C27H14Cl2N4O3/c28-17-11-10-15(12-18(17)29)20-21-23(16-8-4-5-9-19(16)35-27(21)34)36-26-22(20)25-31-24(32-33(25)13-30-26)14-6-2-1-3-7-14/h1-13,20H. The summed E-state index contributed by atoms with van der Waals surface area (Å²) < 4.78 is 13.6. The summed E-state index contributed by atoms with van der Waals surface area (Å²) in [5, 5.41) is 6.05. The van der Waals surface area contributed by atoms with Gasteiger partial charge in [0.15, 0.2) is 17.2 Å². The van der Waals surface area contributed by atoms with Crippen LogP contribution >= 0.6 is 23.2 Å². The Bertz CT molecular complexity index is 1880. The van der Waals surface area contributed by atoms with E-state index < -0.39 is 11.5 Å². The lowest BCUT2D eigenvalue weighted by molar-refractivity contribution is 0.422. The van der Waals surface area contributed by atoms with E-state index in [9.17, 15) is 4.79 Å². The molecule has 0 saturated heterocycles. The summed E-state index contributed by atoms with van der Waals surface area (Å²) in [5.74, 6) is 0.609. The van der Waals surface area contributed by atoms with Crippen molar-refractivity contribution in [3.05, 3.63) is 116 Å². The van der Waals surface area contributed by atoms with E-state index in [0.29, 0.717) is 55.2 Å². The highest BCUT2D eigenvalue weighted by atomic mass is 35.5. The van der Waals surface area contributed by atoms with Gasteiger partial charge in [-0.15, -0.1) is 5.10 Å². The molecule has 0 fully saturated rings. The van der Waals surface area contributed by atoms with Crippen LogP contribution in [0, 0.1) is 0 Å². The lowest BCUT2D eigenvalue weighted by Crippen LogP contribution is -2.22. The lowest BCUT2D eigenvalue weighted by atomic mass is 9.84. The molecule has 0 spiro atoms. The van der Waals surface area contributed by atoms with Crippen molar-refractivity contribution in [2.75, 3.05) is 0 Å². The monoisotopic (exact) mass is 512 g/mol. The van der Waals surface area contributed by atoms with Crippen molar-refractivity contribution < 1.29 is 9.15 Å². The number of fused-ring (bicyclic) bond motifs is 6. The molecule has 0 radical (unpaired) electrons. The summed E-state index contributed by atoms with van der Waals surface area (Å²) in [6, 6.07) is 22.1. The van der Waals surface area contributed by atoms with Crippen molar-refractivity contribution in [3.63, 3.8) is 0 Å². The van der Waals surface area contributed by atoms with Gasteiger partial charge in [-0.1, -0.05) is 71.7 Å². The lowest BCUT2D eigenvalue weighted by Gasteiger charge is -2.27. The number of aromatic nitrogens is 4. The average molecular weight is 513 g/mol. The molecule has 1 aliphatic heterocycles. The summed E-state index contributed by atoms with van der Waals surface area (Å²) in [6.45, 7) is 0. The van der Waals surface area contributed by atoms with Crippen LogP contribution < -0.4 is 10.4 Å². The van der Waals surface area contributed by atoms with Gasteiger partial charge in [0.2, 0.25) is 5.88 Å². The number of rotatable bonds is 2. The molecule has 7 rings (SSSR count). The van der Waals surface area contributed by atoms with E-state index in [1.807, 2.05) is 48.5 Å². The molecule has 6 aromatic rings. The summed E-state index contributed by atoms with van der Waals surface area (Å²) in [4.78, 5) is 22.8. The summed E-state index contributed by atoms with van der Waals surface area (Å²) in [6.07, 6.45) is 1.55. The molecule has 1 unspecified atom stereocenters. The van der Waals surface area contributed by atoms with Gasteiger partial charge in [0, 0.05) is 5.56 Å². The third-order valence-corrected chi connectivity index (χ3v) is 7.01. The van der Waals surface area contributed by atoms with Crippen LogP contribution in [0.4, 0.5) is 0 Å². The van der Waals surface area contributed by atoms with Crippen LogP contribution in [0.1, 0.15) is 22.6 Å². The molecule has 4 heterocycles. The minimum atomic E-state index is -0.636. The molecule has 0 aliphatic carbocycles. The Labute approximate surface area is 213 Å². The van der Waals surface area contributed by atoms with E-state index in [-0.39, 0.29) is 0 Å². The summed E-state index contributed by atoms with van der Waals surface area (Å²) in [5.41, 5.74) is 2.90. The highest BCUT2D eigenvalue weighted by molar-refractivity contribution is 6.42. The predicted molar refractivity (Wildman–Crippen MR) is 136 cm³/mol. The molecule has 9 heteroatoms. The Morgan fingerprint density at radius 1 is 0.889 bits per heavy atom. The molecule has 1 aliphatic rings. The second kappa shape index (κ2) is 7.91. The molecule has 0 N–H and O–H groups in total. The van der Waals surface area contributed by atoms with Gasteiger partial charge in [0.1, 0.15) is 11.9 Å².